The van der Waals surface area contributed by atoms with Crippen molar-refractivity contribution < 1.29 is 19.8 Å². The number of amides is 1. The Kier molecular flexibility index (Phi) is 3.10. The van der Waals surface area contributed by atoms with Gasteiger partial charge in [0, 0.05) is 19.0 Å². The van der Waals surface area contributed by atoms with Crippen molar-refractivity contribution in [3.05, 3.63) is 12.3 Å². The largest absolute Gasteiger partial charge is 0.481 e. The summed E-state index contributed by atoms with van der Waals surface area (Å²) < 4.78 is 1.49. The van der Waals surface area contributed by atoms with Crippen LogP contribution in [0, 0.1) is 5.92 Å². The van der Waals surface area contributed by atoms with Gasteiger partial charge in [-0.15, -0.1) is 0 Å². The Morgan fingerprint density at radius 2 is 2.35 bits per heavy atom. The first-order valence-corrected chi connectivity index (χ1v) is 5.29. The molecule has 1 unspecified atom stereocenters. The Labute approximate surface area is 97.3 Å². The summed E-state index contributed by atoms with van der Waals surface area (Å²) in [5.41, 5.74) is 0. The fourth-order valence-corrected chi connectivity index (χ4v) is 1.92. The number of carbonyl (C=O) groups excluding carboxylic acids is 1. The topological polar surface area (TPSA) is 95.7 Å². The minimum atomic E-state index is -0.964. The summed E-state index contributed by atoms with van der Waals surface area (Å²) in [5.74, 6) is -1.32. The Hall–Kier alpha value is -1.89. The number of carbonyl (C=O) groups is 2. The van der Waals surface area contributed by atoms with E-state index in [2.05, 4.69) is 5.10 Å². The maximum Gasteiger partial charge on any atom is 0.308 e. The number of anilines is 1. The molecule has 0 radical (unpaired) electrons. The van der Waals surface area contributed by atoms with Gasteiger partial charge in [0.1, 0.15) is 5.82 Å². The molecule has 17 heavy (non-hydrogen) atoms. The number of carboxylic acid groups (broad SMARTS) is 1. The van der Waals surface area contributed by atoms with Gasteiger partial charge in [-0.05, 0) is 0 Å². The van der Waals surface area contributed by atoms with Gasteiger partial charge in [-0.3, -0.25) is 14.5 Å². The third kappa shape index (κ3) is 2.14. The summed E-state index contributed by atoms with van der Waals surface area (Å²) in [6.07, 6.45) is 1.53. The van der Waals surface area contributed by atoms with Crippen LogP contribution < -0.4 is 4.90 Å². The molecule has 1 amide bonds. The summed E-state index contributed by atoms with van der Waals surface area (Å²) in [6.45, 7) is 0.355. The van der Waals surface area contributed by atoms with Crippen LogP contribution in [0.1, 0.15) is 6.42 Å². The average molecular weight is 239 g/mol. The number of aromatic nitrogens is 2. The Balaban J connectivity index is 2.20. The minimum absolute atomic E-state index is 0.0135. The lowest BCUT2D eigenvalue weighted by molar-refractivity contribution is -0.141. The number of rotatable bonds is 4. The van der Waals surface area contributed by atoms with Crippen molar-refractivity contribution in [2.45, 2.75) is 13.0 Å². The second-order valence-electron chi connectivity index (χ2n) is 3.88. The first kappa shape index (κ1) is 11.6. The van der Waals surface area contributed by atoms with Crippen LogP contribution in [0.3, 0.4) is 0 Å². The summed E-state index contributed by atoms with van der Waals surface area (Å²) in [6, 6.07) is 1.64. The van der Waals surface area contributed by atoms with Crippen LogP contribution in [0.2, 0.25) is 0 Å². The highest BCUT2D eigenvalue weighted by Gasteiger charge is 2.36. The first-order valence-electron chi connectivity index (χ1n) is 5.29. The summed E-state index contributed by atoms with van der Waals surface area (Å²) in [4.78, 5) is 23.9. The van der Waals surface area contributed by atoms with Crippen LogP contribution in [0.4, 0.5) is 5.82 Å². The zero-order valence-electron chi connectivity index (χ0n) is 9.11. The molecule has 1 aliphatic heterocycles. The number of hydrogen-bond donors (Lipinski definition) is 2. The molecular formula is C10H13N3O4. The van der Waals surface area contributed by atoms with Gasteiger partial charge in [0.05, 0.1) is 25.3 Å². The zero-order valence-corrected chi connectivity index (χ0v) is 9.11. The second-order valence-corrected chi connectivity index (χ2v) is 3.88. The molecule has 1 aromatic heterocycles. The van der Waals surface area contributed by atoms with Gasteiger partial charge in [-0.25, -0.2) is 4.68 Å². The smallest absolute Gasteiger partial charge is 0.308 e. The van der Waals surface area contributed by atoms with E-state index in [1.807, 2.05) is 0 Å². The van der Waals surface area contributed by atoms with E-state index in [9.17, 15) is 9.59 Å². The van der Waals surface area contributed by atoms with Crippen molar-refractivity contribution in [3.63, 3.8) is 0 Å². The molecule has 7 heteroatoms. The van der Waals surface area contributed by atoms with E-state index in [-0.39, 0.29) is 32.0 Å². The van der Waals surface area contributed by atoms with Gasteiger partial charge in [-0.2, -0.15) is 5.10 Å². The van der Waals surface area contributed by atoms with Crippen LogP contribution in [0.5, 0.6) is 0 Å². The van der Waals surface area contributed by atoms with Gasteiger partial charge in [0.25, 0.3) is 0 Å². The van der Waals surface area contributed by atoms with Crippen LogP contribution in [-0.2, 0) is 16.1 Å². The van der Waals surface area contributed by atoms with E-state index in [1.165, 1.54) is 15.8 Å². The van der Waals surface area contributed by atoms with Crippen molar-refractivity contribution in [2.75, 3.05) is 18.1 Å². The molecule has 1 aliphatic rings. The lowest BCUT2D eigenvalue weighted by Crippen LogP contribution is -2.28. The van der Waals surface area contributed by atoms with Crippen molar-refractivity contribution in [3.8, 4) is 0 Å². The van der Waals surface area contributed by atoms with Gasteiger partial charge >= 0.3 is 5.97 Å². The Bertz CT molecular complexity index is 443. The lowest BCUT2D eigenvalue weighted by Gasteiger charge is -2.17. The predicted molar refractivity (Wildman–Crippen MR) is 57.4 cm³/mol. The van der Waals surface area contributed by atoms with Crippen LogP contribution in [0.15, 0.2) is 12.3 Å². The maximum absolute atomic E-state index is 11.7. The second kappa shape index (κ2) is 4.54. The highest BCUT2D eigenvalue weighted by Crippen LogP contribution is 2.24. The summed E-state index contributed by atoms with van der Waals surface area (Å²) in [7, 11) is 0. The lowest BCUT2D eigenvalue weighted by atomic mass is 10.1. The normalized spacial score (nSPS) is 19.9. The van der Waals surface area contributed by atoms with Crippen LogP contribution in [-0.4, -0.2) is 45.0 Å². The molecule has 2 rings (SSSR count). The predicted octanol–water partition coefficient (Wildman–Crippen LogP) is -0.687. The molecule has 92 valence electrons. The molecule has 2 heterocycles. The molecule has 1 atom stereocenters. The number of aliphatic hydroxyl groups is 1. The molecule has 2 N–H and O–H groups in total. The van der Waals surface area contributed by atoms with E-state index in [0.717, 1.165) is 0 Å². The monoisotopic (exact) mass is 239 g/mol. The molecule has 0 saturated carbocycles. The molecule has 7 nitrogen and oxygen atoms in total. The Morgan fingerprint density at radius 1 is 1.59 bits per heavy atom. The molecule has 0 spiro atoms. The number of aliphatic hydroxyl groups excluding tert-OH is 1. The summed E-state index contributed by atoms with van der Waals surface area (Å²) in [5, 5.41) is 21.7. The van der Waals surface area contributed by atoms with Gasteiger partial charge in [0.2, 0.25) is 5.91 Å². The van der Waals surface area contributed by atoms with Crippen LogP contribution >= 0.6 is 0 Å². The van der Waals surface area contributed by atoms with Gasteiger partial charge in [-0.1, -0.05) is 0 Å². The fourth-order valence-electron chi connectivity index (χ4n) is 1.92. The van der Waals surface area contributed by atoms with Crippen molar-refractivity contribution in [1.82, 2.24) is 9.78 Å². The molecule has 1 fully saturated rings. The third-order valence-electron chi connectivity index (χ3n) is 2.76. The van der Waals surface area contributed by atoms with E-state index in [1.54, 1.807) is 6.07 Å². The molecule has 1 saturated heterocycles. The number of carboxylic acids is 1. The van der Waals surface area contributed by atoms with Gasteiger partial charge < -0.3 is 10.2 Å². The first-order chi connectivity index (χ1) is 8.13. The van der Waals surface area contributed by atoms with Crippen molar-refractivity contribution >= 4 is 17.7 Å². The minimum Gasteiger partial charge on any atom is -0.481 e. The van der Waals surface area contributed by atoms with E-state index >= 15 is 0 Å². The molecular weight excluding hydrogens is 226 g/mol. The van der Waals surface area contributed by atoms with E-state index in [4.69, 9.17) is 10.2 Å². The van der Waals surface area contributed by atoms with Crippen LogP contribution in [0.25, 0.3) is 0 Å². The average Bonchev–Trinajstić information content (AvgIpc) is 2.85. The quantitative estimate of drug-likeness (QED) is 0.725. The Morgan fingerprint density at radius 3 is 2.94 bits per heavy atom. The zero-order chi connectivity index (χ0) is 12.4. The summed E-state index contributed by atoms with van der Waals surface area (Å²) >= 11 is 0. The van der Waals surface area contributed by atoms with Crippen molar-refractivity contribution in [2.24, 2.45) is 5.92 Å². The van der Waals surface area contributed by atoms with Gasteiger partial charge in [0.15, 0.2) is 0 Å². The molecule has 0 aliphatic carbocycles. The van der Waals surface area contributed by atoms with E-state index in [0.29, 0.717) is 5.82 Å². The van der Waals surface area contributed by atoms with Crippen molar-refractivity contribution in [1.29, 1.82) is 0 Å². The number of nitrogens with zero attached hydrogens (tertiary/aromatic N) is 3. The highest BCUT2D eigenvalue weighted by molar-refractivity contribution is 5.98. The fraction of sp³-hybridized carbons (Fsp3) is 0.500. The number of hydrogen-bond acceptors (Lipinski definition) is 4. The molecule has 0 bridgehead atoms. The highest BCUT2D eigenvalue weighted by atomic mass is 16.4. The standard InChI is InChI=1S/C10H13N3O4/c14-4-3-13-8(1-2-11-13)12-6-7(10(16)17)5-9(12)15/h1-2,7,14H,3-6H2,(H,16,17). The van der Waals surface area contributed by atoms with E-state index < -0.39 is 11.9 Å². The maximum atomic E-state index is 11.7. The SMILES string of the molecule is O=C(O)C1CC(=O)N(c2ccnn2CCO)C1. The molecule has 0 aromatic carbocycles. The third-order valence-corrected chi connectivity index (χ3v) is 2.76. The number of aliphatic carboxylic acids is 1. The molecule has 1 aromatic rings.